The van der Waals surface area contributed by atoms with Crippen molar-refractivity contribution in [2.24, 2.45) is 5.73 Å². The van der Waals surface area contributed by atoms with Crippen molar-refractivity contribution in [2.45, 2.75) is 51.7 Å². The lowest BCUT2D eigenvalue weighted by Crippen LogP contribution is -2.45. The Morgan fingerprint density at radius 3 is 2.67 bits per heavy atom. The van der Waals surface area contributed by atoms with E-state index < -0.39 is 0 Å². The molecular weight excluding hydrogens is 262 g/mol. The van der Waals surface area contributed by atoms with Gasteiger partial charge in [0, 0.05) is 30.9 Å². The van der Waals surface area contributed by atoms with Gasteiger partial charge >= 0.3 is 0 Å². The summed E-state index contributed by atoms with van der Waals surface area (Å²) in [6.07, 6.45) is 7.75. The van der Waals surface area contributed by atoms with Gasteiger partial charge in [0.15, 0.2) is 0 Å². The van der Waals surface area contributed by atoms with Crippen molar-refractivity contribution in [3.8, 4) is 0 Å². The van der Waals surface area contributed by atoms with Crippen LogP contribution in [-0.4, -0.2) is 58.8 Å². The summed E-state index contributed by atoms with van der Waals surface area (Å²) in [5, 5.41) is 4.45. The zero-order valence-electron chi connectivity index (χ0n) is 13.8. The molecule has 5 heteroatoms. The second-order valence-corrected chi connectivity index (χ2v) is 6.12. The maximum absolute atomic E-state index is 6.06. The van der Waals surface area contributed by atoms with Crippen LogP contribution in [0.1, 0.15) is 44.7 Å². The highest BCUT2D eigenvalue weighted by atomic mass is 15.3. The van der Waals surface area contributed by atoms with E-state index in [4.69, 9.17) is 5.73 Å². The molecule has 1 aliphatic rings. The number of rotatable bonds is 7. The van der Waals surface area contributed by atoms with E-state index in [1.165, 1.54) is 38.0 Å². The molecule has 0 aliphatic carbocycles. The summed E-state index contributed by atoms with van der Waals surface area (Å²) < 4.78 is 2.03. The first-order valence-electron chi connectivity index (χ1n) is 8.36. The molecule has 0 saturated carbocycles. The van der Waals surface area contributed by atoms with Crippen LogP contribution in [0.4, 0.5) is 0 Å². The topological polar surface area (TPSA) is 50.3 Å². The summed E-state index contributed by atoms with van der Waals surface area (Å²) >= 11 is 0. The van der Waals surface area contributed by atoms with Crippen molar-refractivity contribution in [1.82, 2.24) is 19.6 Å². The van der Waals surface area contributed by atoms with Gasteiger partial charge in [-0.05, 0) is 45.9 Å². The van der Waals surface area contributed by atoms with Crippen LogP contribution in [0, 0.1) is 0 Å². The van der Waals surface area contributed by atoms with E-state index in [1.807, 2.05) is 10.9 Å². The third-order valence-corrected chi connectivity index (χ3v) is 4.79. The molecule has 2 rings (SSSR count). The molecule has 1 atom stereocenters. The number of nitrogens with two attached hydrogens (primary N) is 1. The molecule has 1 aromatic rings. The van der Waals surface area contributed by atoms with Crippen LogP contribution in [0.3, 0.4) is 0 Å². The van der Waals surface area contributed by atoms with Gasteiger partial charge in [-0.15, -0.1) is 0 Å². The Bertz CT molecular complexity index is 409. The minimum Gasteiger partial charge on any atom is -0.329 e. The van der Waals surface area contributed by atoms with Gasteiger partial charge in [0.2, 0.25) is 0 Å². The number of aromatic nitrogens is 2. The number of nitrogens with zero attached hydrogens (tertiary/aromatic N) is 4. The smallest absolute Gasteiger partial charge is 0.0538 e. The van der Waals surface area contributed by atoms with Gasteiger partial charge in [-0.3, -0.25) is 9.58 Å². The Morgan fingerprint density at radius 2 is 2.10 bits per heavy atom. The maximum Gasteiger partial charge on any atom is 0.0538 e. The first kappa shape index (κ1) is 16.5. The first-order valence-corrected chi connectivity index (χ1v) is 8.36. The summed E-state index contributed by atoms with van der Waals surface area (Å²) in [5.74, 6) is 0. The summed E-state index contributed by atoms with van der Waals surface area (Å²) in [4.78, 5) is 5.00. The van der Waals surface area contributed by atoms with Gasteiger partial charge in [-0.1, -0.05) is 13.8 Å². The highest BCUT2D eigenvalue weighted by Gasteiger charge is 2.27. The van der Waals surface area contributed by atoms with Crippen molar-refractivity contribution in [3.63, 3.8) is 0 Å². The molecule has 0 spiro atoms. The van der Waals surface area contributed by atoms with Crippen molar-refractivity contribution >= 4 is 0 Å². The standard InChI is InChI=1S/C16H31N5/c1-4-8-21-13-14(12-18-21)16(11-17)19(3)15-6-9-20(5-2)10-7-15/h12-13,15-16H,4-11,17H2,1-3H3. The first-order chi connectivity index (χ1) is 10.2. The normalized spacial score (nSPS) is 19.3. The summed E-state index contributed by atoms with van der Waals surface area (Å²) in [5.41, 5.74) is 7.32. The second-order valence-electron chi connectivity index (χ2n) is 6.12. The molecule has 1 aliphatic heterocycles. The van der Waals surface area contributed by atoms with Gasteiger partial charge in [0.1, 0.15) is 0 Å². The molecule has 0 aromatic carbocycles. The number of hydrogen-bond donors (Lipinski definition) is 1. The van der Waals surface area contributed by atoms with Gasteiger partial charge in [0.05, 0.1) is 12.2 Å². The molecule has 1 saturated heterocycles. The zero-order chi connectivity index (χ0) is 15.2. The van der Waals surface area contributed by atoms with Crippen molar-refractivity contribution < 1.29 is 0 Å². The molecule has 120 valence electrons. The van der Waals surface area contributed by atoms with Gasteiger partial charge in [-0.2, -0.15) is 5.10 Å². The maximum atomic E-state index is 6.06. The lowest BCUT2D eigenvalue weighted by atomic mass is 10.00. The molecule has 21 heavy (non-hydrogen) atoms. The van der Waals surface area contributed by atoms with Gasteiger partial charge in [0.25, 0.3) is 0 Å². The van der Waals surface area contributed by atoms with Crippen molar-refractivity contribution in [3.05, 3.63) is 18.0 Å². The quantitative estimate of drug-likeness (QED) is 0.831. The predicted octanol–water partition coefficient (Wildman–Crippen LogP) is 1.71. The Hall–Kier alpha value is -0.910. The van der Waals surface area contributed by atoms with Crippen LogP contribution in [0.5, 0.6) is 0 Å². The molecular formula is C16H31N5. The average molecular weight is 293 g/mol. The largest absolute Gasteiger partial charge is 0.329 e. The fourth-order valence-corrected chi connectivity index (χ4v) is 3.34. The minimum atomic E-state index is 0.286. The number of aryl methyl sites for hydroxylation is 1. The molecule has 1 unspecified atom stereocenters. The monoisotopic (exact) mass is 293 g/mol. The lowest BCUT2D eigenvalue weighted by molar-refractivity contribution is 0.101. The van der Waals surface area contributed by atoms with Crippen LogP contribution < -0.4 is 5.73 Å². The lowest BCUT2D eigenvalue weighted by Gasteiger charge is -2.39. The second kappa shape index (κ2) is 7.92. The molecule has 1 fully saturated rings. The predicted molar refractivity (Wildman–Crippen MR) is 87.2 cm³/mol. The summed E-state index contributed by atoms with van der Waals surface area (Å²) in [6, 6.07) is 0.921. The SMILES string of the molecule is CCCn1cc(C(CN)N(C)C2CCN(CC)CC2)cn1. The Labute approximate surface area is 129 Å². The van der Waals surface area contributed by atoms with E-state index in [0.29, 0.717) is 12.6 Å². The van der Waals surface area contributed by atoms with Crippen molar-refractivity contribution in [1.29, 1.82) is 0 Å². The third kappa shape index (κ3) is 4.05. The van der Waals surface area contributed by atoms with E-state index >= 15 is 0 Å². The third-order valence-electron chi connectivity index (χ3n) is 4.79. The molecule has 2 N–H and O–H groups in total. The summed E-state index contributed by atoms with van der Waals surface area (Å²) in [6.45, 7) is 9.64. The number of piperidine rings is 1. The molecule has 0 radical (unpaired) electrons. The van der Waals surface area contributed by atoms with Gasteiger partial charge < -0.3 is 10.6 Å². The Morgan fingerprint density at radius 1 is 1.38 bits per heavy atom. The van der Waals surface area contributed by atoms with E-state index in [9.17, 15) is 0 Å². The van der Waals surface area contributed by atoms with Crippen LogP contribution in [-0.2, 0) is 6.54 Å². The number of likely N-dealkylation sites (N-methyl/N-ethyl adjacent to an activating group) is 1. The average Bonchev–Trinajstić information content (AvgIpc) is 2.97. The van der Waals surface area contributed by atoms with E-state index in [2.05, 4.69) is 42.0 Å². The molecule has 1 aromatic heterocycles. The molecule has 0 bridgehead atoms. The van der Waals surface area contributed by atoms with Crippen LogP contribution >= 0.6 is 0 Å². The molecule has 2 heterocycles. The minimum absolute atomic E-state index is 0.286. The van der Waals surface area contributed by atoms with Crippen molar-refractivity contribution in [2.75, 3.05) is 33.2 Å². The Balaban J connectivity index is 1.99. The highest BCUT2D eigenvalue weighted by Crippen LogP contribution is 2.25. The highest BCUT2D eigenvalue weighted by molar-refractivity contribution is 5.11. The van der Waals surface area contributed by atoms with Gasteiger partial charge in [-0.25, -0.2) is 0 Å². The fraction of sp³-hybridized carbons (Fsp3) is 0.812. The molecule has 5 nitrogen and oxygen atoms in total. The van der Waals surface area contributed by atoms with E-state index in [0.717, 1.165) is 13.0 Å². The van der Waals surface area contributed by atoms with Crippen LogP contribution in [0.25, 0.3) is 0 Å². The summed E-state index contributed by atoms with van der Waals surface area (Å²) in [7, 11) is 2.22. The number of hydrogen-bond acceptors (Lipinski definition) is 4. The zero-order valence-corrected chi connectivity index (χ0v) is 13.8. The van der Waals surface area contributed by atoms with E-state index in [1.54, 1.807) is 0 Å². The molecule has 0 amide bonds. The van der Waals surface area contributed by atoms with E-state index in [-0.39, 0.29) is 6.04 Å². The Kier molecular flexibility index (Phi) is 6.21. The fourth-order valence-electron chi connectivity index (χ4n) is 3.34. The van der Waals surface area contributed by atoms with Crippen LogP contribution in [0.2, 0.25) is 0 Å². The van der Waals surface area contributed by atoms with Crippen LogP contribution in [0.15, 0.2) is 12.4 Å². The number of likely N-dealkylation sites (tertiary alicyclic amines) is 1.